The molecule has 150 valence electrons. The van der Waals surface area contributed by atoms with Crippen LogP contribution in [0.2, 0.25) is 0 Å². The molecule has 1 unspecified atom stereocenters. The van der Waals surface area contributed by atoms with E-state index in [0.717, 1.165) is 30.1 Å². The second-order valence-electron chi connectivity index (χ2n) is 7.73. The van der Waals surface area contributed by atoms with Gasteiger partial charge in [-0.25, -0.2) is 4.39 Å². The highest BCUT2D eigenvalue weighted by Crippen LogP contribution is 2.25. The van der Waals surface area contributed by atoms with Gasteiger partial charge < -0.3 is 14.5 Å². The fraction of sp³-hybridized carbons (Fsp3) is 0.435. The Morgan fingerprint density at radius 2 is 1.64 bits per heavy atom. The number of carbonyl (C=O) groups is 1. The van der Waals surface area contributed by atoms with Crippen LogP contribution in [0.4, 0.5) is 10.1 Å². The van der Waals surface area contributed by atoms with E-state index in [0.29, 0.717) is 19.0 Å². The highest BCUT2D eigenvalue weighted by Gasteiger charge is 2.26. The van der Waals surface area contributed by atoms with Crippen LogP contribution in [-0.4, -0.2) is 43.1 Å². The third kappa shape index (κ3) is 4.64. The molecule has 1 heterocycles. The largest absolute Gasteiger partial charge is 0.481 e. The predicted octanol–water partition coefficient (Wildman–Crippen LogP) is 4.37. The predicted molar refractivity (Wildman–Crippen MR) is 111 cm³/mol. The van der Waals surface area contributed by atoms with Gasteiger partial charge in [0.2, 0.25) is 0 Å². The minimum atomic E-state index is -0.529. The number of nitrogens with zero attached hydrogens (tertiary/aromatic N) is 2. The third-order valence-corrected chi connectivity index (χ3v) is 5.31. The van der Waals surface area contributed by atoms with E-state index in [1.807, 2.05) is 30.9 Å². The van der Waals surface area contributed by atoms with Gasteiger partial charge in [0.25, 0.3) is 5.91 Å². The number of amides is 1. The molecule has 1 amide bonds. The van der Waals surface area contributed by atoms with Crippen LogP contribution in [0.5, 0.6) is 5.75 Å². The molecule has 1 aliphatic heterocycles. The van der Waals surface area contributed by atoms with E-state index < -0.39 is 6.10 Å². The lowest BCUT2D eigenvalue weighted by molar-refractivity contribution is -0.138. The lowest BCUT2D eigenvalue weighted by atomic mass is 10.0. The van der Waals surface area contributed by atoms with Crippen molar-refractivity contribution >= 4 is 11.6 Å². The monoisotopic (exact) mass is 384 g/mol. The number of rotatable bonds is 5. The van der Waals surface area contributed by atoms with Gasteiger partial charge in [0.05, 0.1) is 0 Å². The minimum Gasteiger partial charge on any atom is -0.481 e. The van der Waals surface area contributed by atoms with Crippen molar-refractivity contribution < 1.29 is 13.9 Å². The van der Waals surface area contributed by atoms with Crippen molar-refractivity contribution in [3.05, 3.63) is 59.4 Å². The van der Waals surface area contributed by atoms with Crippen LogP contribution in [0.1, 0.15) is 37.8 Å². The summed E-state index contributed by atoms with van der Waals surface area (Å²) in [6.45, 7) is 10.8. The number of aryl methyl sites for hydroxylation is 1. The standard InChI is InChI=1S/C23H29FN2O2/c1-16(2)19-6-5-17(3)22(15-19)28-18(4)23(27)26-13-11-25(12-14-26)21-9-7-20(24)8-10-21/h5-10,15-16,18H,11-14H2,1-4H3. The molecule has 1 atom stereocenters. The van der Waals surface area contributed by atoms with E-state index in [9.17, 15) is 9.18 Å². The smallest absolute Gasteiger partial charge is 0.263 e. The summed E-state index contributed by atoms with van der Waals surface area (Å²) in [6, 6.07) is 12.7. The average Bonchev–Trinajstić information content (AvgIpc) is 2.69. The number of hydrogen-bond acceptors (Lipinski definition) is 3. The quantitative estimate of drug-likeness (QED) is 0.767. The molecule has 0 radical (unpaired) electrons. The molecule has 5 heteroatoms. The summed E-state index contributed by atoms with van der Waals surface area (Å²) in [5.74, 6) is 0.957. The first-order valence-electron chi connectivity index (χ1n) is 9.91. The van der Waals surface area contributed by atoms with E-state index in [4.69, 9.17) is 4.74 Å². The lowest BCUT2D eigenvalue weighted by Crippen LogP contribution is -2.52. The molecule has 0 bridgehead atoms. The number of halogens is 1. The van der Waals surface area contributed by atoms with E-state index in [2.05, 4.69) is 24.8 Å². The van der Waals surface area contributed by atoms with Crippen LogP contribution in [0, 0.1) is 12.7 Å². The molecule has 0 aliphatic carbocycles. The molecule has 1 aliphatic rings. The Labute approximate surface area is 166 Å². The van der Waals surface area contributed by atoms with Gasteiger partial charge in [-0.05, 0) is 61.2 Å². The van der Waals surface area contributed by atoms with Crippen molar-refractivity contribution in [3.63, 3.8) is 0 Å². The molecule has 3 rings (SSSR count). The Morgan fingerprint density at radius 3 is 2.25 bits per heavy atom. The van der Waals surface area contributed by atoms with Gasteiger partial charge in [0.15, 0.2) is 6.10 Å². The average molecular weight is 384 g/mol. The molecule has 1 saturated heterocycles. The maximum absolute atomic E-state index is 13.1. The summed E-state index contributed by atoms with van der Waals surface area (Å²) in [5.41, 5.74) is 3.22. The highest BCUT2D eigenvalue weighted by atomic mass is 19.1. The molecule has 28 heavy (non-hydrogen) atoms. The molecule has 2 aromatic carbocycles. The maximum atomic E-state index is 13.1. The van der Waals surface area contributed by atoms with Gasteiger partial charge in [-0.15, -0.1) is 0 Å². The molecule has 0 saturated carbocycles. The first-order valence-corrected chi connectivity index (χ1v) is 9.91. The van der Waals surface area contributed by atoms with Crippen molar-refractivity contribution in [1.82, 2.24) is 4.90 Å². The molecule has 4 nitrogen and oxygen atoms in total. The molecule has 1 fully saturated rings. The molecule has 0 N–H and O–H groups in total. The highest BCUT2D eigenvalue weighted by molar-refractivity contribution is 5.81. The van der Waals surface area contributed by atoms with E-state index in [1.54, 1.807) is 12.1 Å². The van der Waals surface area contributed by atoms with Crippen molar-refractivity contribution in [3.8, 4) is 5.75 Å². The Bertz CT molecular complexity index is 812. The summed E-state index contributed by atoms with van der Waals surface area (Å²) in [7, 11) is 0. The number of hydrogen-bond donors (Lipinski definition) is 0. The Hall–Kier alpha value is -2.56. The second-order valence-corrected chi connectivity index (χ2v) is 7.73. The molecule has 0 aromatic heterocycles. The number of anilines is 1. The summed E-state index contributed by atoms with van der Waals surface area (Å²) in [6.07, 6.45) is -0.529. The van der Waals surface area contributed by atoms with Crippen molar-refractivity contribution in [1.29, 1.82) is 0 Å². The summed E-state index contributed by atoms with van der Waals surface area (Å²) in [5, 5.41) is 0. The van der Waals surface area contributed by atoms with Crippen LogP contribution in [0.15, 0.2) is 42.5 Å². The number of carbonyl (C=O) groups excluding carboxylic acids is 1. The summed E-state index contributed by atoms with van der Waals surface area (Å²) in [4.78, 5) is 16.9. The number of benzene rings is 2. The van der Waals surface area contributed by atoms with Gasteiger partial charge in [-0.1, -0.05) is 26.0 Å². The van der Waals surface area contributed by atoms with E-state index in [1.165, 1.54) is 17.7 Å². The number of ether oxygens (including phenoxy) is 1. The van der Waals surface area contributed by atoms with Crippen LogP contribution >= 0.6 is 0 Å². The zero-order valence-corrected chi connectivity index (χ0v) is 17.1. The Kier molecular flexibility index (Phi) is 6.22. The van der Waals surface area contributed by atoms with Gasteiger partial charge in [-0.3, -0.25) is 4.79 Å². The first-order chi connectivity index (χ1) is 13.3. The Balaban J connectivity index is 1.59. The molecule has 2 aromatic rings. The minimum absolute atomic E-state index is 0.00751. The molecular weight excluding hydrogens is 355 g/mol. The van der Waals surface area contributed by atoms with Crippen LogP contribution in [0.25, 0.3) is 0 Å². The SMILES string of the molecule is Cc1ccc(C(C)C)cc1OC(C)C(=O)N1CCN(c2ccc(F)cc2)CC1. The van der Waals surface area contributed by atoms with E-state index >= 15 is 0 Å². The maximum Gasteiger partial charge on any atom is 0.263 e. The topological polar surface area (TPSA) is 32.8 Å². The fourth-order valence-electron chi connectivity index (χ4n) is 3.44. The van der Waals surface area contributed by atoms with Crippen LogP contribution in [-0.2, 0) is 4.79 Å². The van der Waals surface area contributed by atoms with E-state index in [-0.39, 0.29) is 11.7 Å². The van der Waals surface area contributed by atoms with Crippen molar-refractivity contribution in [2.75, 3.05) is 31.1 Å². The number of piperazine rings is 1. The second kappa shape index (κ2) is 8.63. The van der Waals surface area contributed by atoms with Gasteiger partial charge in [0, 0.05) is 31.9 Å². The van der Waals surface area contributed by atoms with Gasteiger partial charge >= 0.3 is 0 Å². The van der Waals surface area contributed by atoms with Gasteiger partial charge in [0.1, 0.15) is 11.6 Å². The summed E-state index contributed by atoms with van der Waals surface area (Å²) >= 11 is 0. The van der Waals surface area contributed by atoms with Crippen LogP contribution < -0.4 is 9.64 Å². The van der Waals surface area contributed by atoms with Crippen molar-refractivity contribution in [2.45, 2.75) is 39.7 Å². The van der Waals surface area contributed by atoms with Crippen molar-refractivity contribution in [2.24, 2.45) is 0 Å². The lowest BCUT2D eigenvalue weighted by Gasteiger charge is -2.37. The first kappa shape index (κ1) is 20.2. The normalized spacial score (nSPS) is 15.6. The zero-order valence-electron chi connectivity index (χ0n) is 17.1. The molecule has 0 spiro atoms. The molecular formula is C23H29FN2O2. The fourth-order valence-corrected chi connectivity index (χ4v) is 3.44. The summed E-state index contributed by atoms with van der Waals surface area (Å²) < 4.78 is 19.1. The van der Waals surface area contributed by atoms with Gasteiger partial charge in [-0.2, -0.15) is 0 Å². The van der Waals surface area contributed by atoms with Crippen LogP contribution in [0.3, 0.4) is 0 Å². The third-order valence-electron chi connectivity index (χ3n) is 5.31. The Morgan fingerprint density at radius 1 is 1.00 bits per heavy atom. The zero-order chi connectivity index (χ0) is 20.3.